The third kappa shape index (κ3) is 3.69. The maximum absolute atomic E-state index is 12.4. The van der Waals surface area contributed by atoms with Crippen LogP contribution in [-0.2, 0) is 6.18 Å². The van der Waals surface area contributed by atoms with Crippen molar-refractivity contribution in [2.24, 2.45) is 0 Å². The van der Waals surface area contributed by atoms with E-state index in [4.69, 9.17) is 11.6 Å². The quantitative estimate of drug-likeness (QED) is 0.537. The second-order valence-corrected chi connectivity index (χ2v) is 5.34. The molecule has 0 N–H and O–H groups in total. The summed E-state index contributed by atoms with van der Waals surface area (Å²) in [6.45, 7) is 0. The lowest BCUT2D eigenvalue weighted by molar-refractivity contribution is -0.137. The average Bonchev–Trinajstić information content (AvgIpc) is 2.25. The highest BCUT2D eigenvalue weighted by molar-refractivity contribution is 9.12. The molecular formula is C10H6Br2ClF3O. The van der Waals surface area contributed by atoms with Crippen molar-refractivity contribution in [1.82, 2.24) is 0 Å². The smallest absolute Gasteiger partial charge is 0.293 e. The SMILES string of the molecule is O=C(c1ccc(C(F)(F)F)cc1Cl)C(Br)CBr. The first-order valence-electron chi connectivity index (χ1n) is 4.38. The lowest BCUT2D eigenvalue weighted by Crippen LogP contribution is -2.16. The second-order valence-electron chi connectivity index (χ2n) is 3.18. The first-order valence-corrected chi connectivity index (χ1v) is 6.80. The summed E-state index contributed by atoms with van der Waals surface area (Å²) in [6, 6.07) is 2.68. The molecule has 0 aliphatic heterocycles. The van der Waals surface area contributed by atoms with Gasteiger partial charge in [0.1, 0.15) is 0 Å². The van der Waals surface area contributed by atoms with Crippen LogP contribution in [0.3, 0.4) is 0 Å². The molecule has 0 aromatic heterocycles. The van der Waals surface area contributed by atoms with E-state index in [0.29, 0.717) is 5.33 Å². The van der Waals surface area contributed by atoms with Gasteiger partial charge in [0.05, 0.1) is 15.4 Å². The zero-order valence-electron chi connectivity index (χ0n) is 8.19. The van der Waals surface area contributed by atoms with E-state index in [1.54, 1.807) is 0 Å². The standard InChI is InChI=1S/C10H6Br2ClF3O/c11-4-7(12)9(17)6-2-1-5(3-8(6)13)10(14,15)16/h1-3,7H,4H2. The number of benzene rings is 1. The van der Waals surface area contributed by atoms with E-state index in [1.165, 1.54) is 0 Å². The number of alkyl halides is 5. The van der Waals surface area contributed by atoms with E-state index >= 15 is 0 Å². The van der Waals surface area contributed by atoms with Gasteiger partial charge in [0.25, 0.3) is 0 Å². The fourth-order valence-corrected chi connectivity index (χ4v) is 1.94. The van der Waals surface area contributed by atoms with Crippen molar-refractivity contribution in [3.05, 3.63) is 34.3 Å². The predicted octanol–water partition coefficient (Wildman–Crippen LogP) is 4.70. The summed E-state index contributed by atoms with van der Waals surface area (Å²) in [5, 5.41) is 0.152. The van der Waals surface area contributed by atoms with Gasteiger partial charge >= 0.3 is 6.18 Å². The summed E-state index contributed by atoms with van der Waals surface area (Å²) in [7, 11) is 0. The molecule has 17 heavy (non-hydrogen) atoms. The van der Waals surface area contributed by atoms with E-state index in [0.717, 1.165) is 18.2 Å². The number of halogens is 6. The van der Waals surface area contributed by atoms with Crippen molar-refractivity contribution < 1.29 is 18.0 Å². The molecule has 0 amide bonds. The number of carbonyl (C=O) groups excluding carboxylic acids is 1. The third-order valence-electron chi connectivity index (χ3n) is 1.98. The summed E-state index contributed by atoms with van der Waals surface area (Å²) in [6.07, 6.45) is -4.46. The fourth-order valence-electron chi connectivity index (χ4n) is 1.13. The van der Waals surface area contributed by atoms with Gasteiger partial charge in [-0.25, -0.2) is 0 Å². The predicted molar refractivity (Wildman–Crippen MR) is 67.3 cm³/mol. The Kier molecular flexibility index (Phi) is 5.04. The van der Waals surface area contributed by atoms with Crippen LogP contribution in [-0.4, -0.2) is 15.9 Å². The molecule has 0 fully saturated rings. The van der Waals surface area contributed by atoms with Crippen LogP contribution < -0.4 is 0 Å². The van der Waals surface area contributed by atoms with E-state index in [9.17, 15) is 18.0 Å². The summed E-state index contributed by atoms with van der Waals surface area (Å²) in [4.78, 5) is 11.2. The van der Waals surface area contributed by atoms with Crippen LogP contribution in [0, 0.1) is 0 Å². The molecule has 1 aromatic carbocycles. The van der Waals surface area contributed by atoms with Crippen LogP contribution in [0.5, 0.6) is 0 Å². The van der Waals surface area contributed by atoms with E-state index in [1.807, 2.05) is 0 Å². The van der Waals surface area contributed by atoms with Crippen molar-refractivity contribution in [2.75, 3.05) is 5.33 Å². The molecule has 0 saturated carbocycles. The zero-order chi connectivity index (χ0) is 13.2. The van der Waals surface area contributed by atoms with Gasteiger partial charge in [-0.3, -0.25) is 4.79 Å². The Balaban J connectivity index is 3.11. The lowest BCUT2D eigenvalue weighted by atomic mass is 10.1. The summed E-state index contributed by atoms with van der Waals surface area (Å²) in [5.41, 5.74) is -0.801. The van der Waals surface area contributed by atoms with Crippen LogP contribution in [0.25, 0.3) is 0 Å². The normalized spacial score (nSPS) is 13.5. The molecule has 1 rings (SSSR count). The van der Waals surface area contributed by atoms with Crippen molar-refractivity contribution in [2.45, 2.75) is 11.0 Å². The summed E-state index contributed by atoms with van der Waals surface area (Å²) >= 11 is 11.9. The van der Waals surface area contributed by atoms with Gasteiger partial charge in [-0.15, -0.1) is 0 Å². The minimum Gasteiger partial charge on any atom is -0.293 e. The molecule has 1 nitrogen and oxygen atoms in total. The first kappa shape index (κ1) is 15.0. The molecule has 0 saturated heterocycles. The molecule has 0 aliphatic rings. The fraction of sp³-hybridized carbons (Fsp3) is 0.300. The highest BCUT2D eigenvalue weighted by atomic mass is 79.9. The number of hydrogen-bond acceptors (Lipinski definition) is 1. The Bertz CT molecular complexity index is 434. The van der Waals surface area contributed by atoms with Crippen LogP contribution in [0.1, 0.15) is 15.9 Å². The molecule has 94 valence electrons. The van der Waals surface area contributed by atoms with Gasteiger partial charge in [-0.2, -0.15) is 13.2 Å². The Morgan fingerprint density at radius 3 is 2.41 bits per heavy atom. The largest absolute Gasteiger partial charge is 0.416 e. The maximum Gasteiger partial charge on any atom is 0.416 e. The summed E-state index contributed by atoms with van der Waals surface area (Å²) in [5.74, 6) is -0.361. The molecule has 0 aliphatic carbocycles. The second kappa shape index (κ2) is 5.71. The van der Waals surface area contributed by atoms with Gasteiger partial charge in [0.15, 0.2) is 5.78 Å². The zero-order valence-corrected chi connectivity index (χ0v) is 12.1. The molecule has 1 aromatic rings. The van der Waals surface area contributed by atoms with Gasteiger partial charge in [0, 0.05) is 10.9 Å². The molecular weight excluding hydrogens is 388 g/mol. The summed E-state index contributed by atoms with van der Waals surface area (Å²) < 4.78 is 37.1. The Morgan fingerprint density at radius 2 is 2.00 bits per heavy atom. The van der Waals surface area contributed by atoms with Crippen molar-refractivity contribution in [3.8, 4) is 0 Å². The van der Waals surface area contributed by atoms with Gasteiger partial charge in [-0.1, -0.05) is 43.5 Å². The topological polar surface area (TPSA) is 17.1 Å². The monoisotopic (exact) mass is 392 g/mol. The first-order chi connectivity index (χ1) is 7.77. The molecule has 0 radical (unpaired) electrons. The average molecular weight is 394 g/mol. The number of Topliss-reactive ketones (excluding diaryl/α,β-unsaturated/α-hetero) is 1. The van der Waals surface area contributed by atoms with E-state index in [2.05, 4.69) is 31.9 Å². The molecule has 0 spiro atoms. The van der Waals surface area contributed by atoms with E-state index < -0.39 is 16.6 Å². The molecule has 1 unspecified atom stereocenters. The number of hydrogen-bond donors (Lipinski definition) is 0. The minimum absolute atomic E-state index is 0.0704. The van der Waals surface area contributed by atoms with Crippen LogP contribution >= 0.6 is 43.5 Å². The minimum atomic E-state index is -4.46. The van der Waals surface area contributed by atoms with Gasteiger partial charge in [0.2, 0.25) is 0 Å². The van der Waals surface area contributed by atoms with Gasteiger partial charge < -0.3 is 0 Å². The van der Waals surface area contributed by atoms with Crippen molar-refractivity contribution in [3.63, 3.8) is 0 Å². The Labute approximate surface area is 118 Å². The van der Waals surface area contributed by atoms with Crippen LogP contribution in [0.2, 0.25) is 5.02 Å². The highest BCUT2D eigenvalue weighted by Crippen LogP contribution is 2.32. The number of ketones is 1. The Morgan fingerprint density at radius 1 is 1.41 bits per heavy atom. The number of carbonyl (C=O) groups is 1. The molecule has 0 heterocycles. The molecule has 7 heteroatoms. The third-order valence-corrected chi connectivity index (χ3v) is 4.55. The van der Waals surface area contributed by atoms with Crippen molar-refractivity contribution >= 4 is 49.2 Å². The molecule has 1 atom stereocenters. The van der Waals surface area contributed by atoms with E-state index in [-0.39, 0.29) is 16.4 Å². The van der Waals surface area contributed by atoms with Crippen LogP contribution in [0.15, 0.2) is 18.2 Å². The Hall–Kier alpha value is -0.0700. The maximum atomic E-state index is 12.4. The van der Waals surface area contributed by atoms with Crippen LogP contribution in [0.4, 0.5) is 13.2 Å². The van der Waals surface area contributed by atoms with Crippen molar-refractivity contribution in [1.29, 1.82) is 0 Å². The highest BCUT2D eigenvalue weighted by Gasteiger charge is 2.31. The molecule has 0 bridgehead atoms. The number of rotatable bonds is 3. The van der Waals surface area contributed by atoms with Gasteiger partial charge in [-0.05, 0) is 18.2 Å². The lowest BCUT2D eigenvalue weighted by Gasteiger charge is -2.10.